The van der Waals surface area contributed by atoms with E-state index in [1.807, 2.05) is 48.5 Å². The molecular weight excluding hydrogens is 476 g/mol. The van der Waals surface area contributed by atoms with Crippen molar-refractivity contribution in [2.75, 3.05) is 20.3 Å². The summed E-state index contributed by atoms with van der Waals surface area (Å²) >= 11 is 1.43. The molecule has 186 valence electrons. The topological polar surface area (TPSA) is 96.6 Å². The standard InChI is InChI=1S/C27H28N4O4S/c1-33-21-8-5-9-22(17-21)35-15-14-34-20-12-10-18(11-13-20)16-23-24(28)31-27(29-25(23)32)36-26(30-31)19-6-3-2-4-7-19/h5,8-13,16-17,19,28H,2-4,6-7,14-15H2,1H3. The zero-order chi connectivity index (χ0) is 24.9. The number of hydrogen-bond acceptors (Lipinski definition) is 7. The van der Waals surface area contributed by atoms with Crippen LogP contribution >= 0.6 is 11.8 Å². The Bertz CT molecular complexity index is 1230. The van der Waals surface area contributed by atoms with E-state index < -0.39 is 5.91 Å². The molecule has 0 bridgehead atoms. The van der Waals surface area contributed by atoms with Gasteiger partial charge in [-0.25, -0.2) is 0 Å². The van der Waals surface area contributed by atoms with Gasteiger partial charge in [0.2, 0.25) is 5.17 Å². The monoisotopic (exact) mass is 504 g/mol. The highest BCUT2D eigenvalue weighted by atomic mass is 32.2. The first-order valence-electron chi connectivity index (χ1n) is 12.1. The van der Waals surface area contributed by atoms with Crippen molar-refractivity contribution in [3.63, 3.8) is 0 Å². The number of carbonyl (C=O) groups is 1. The third kappa shape index (κ3) is 5.46. The van der Waals surface area contributed by atoms with Gasteiger partial charge >= 0.3 is 0 Å². The van der Waals surface area contributed by atoms with Crippen molar-refractivity contribution < 1.29 is 19.0 Å². The molecule has 2 aromatic carbocycles. The summed E-state index contributed by atoms with van der Waals surface area (Å²) in [5.74, 6) is 2.21. The smallest absolute Gasteiger partial charge is 0.283 e. The number of hydrogen-bond donors (Lipinski definition) is 1. The number of amidine groups is 2. The summed E-state index contributed by atoms with van der Waals surface area (Å²) in [5.41, 5.74) is 1.01. The third-order valence-corrected chi connectivity index (χ3v) is 7.35. The number of carbonyl (C=O) groups excluding carboxylic acids is 1. The number of hydrazone groups is 1. The molecule has 3 aliphatic rings. The maximum absolute atomic E-state index is 12.7. The van der Waals surface area contributed by atoms with Gasteiger partial charge in [0.05, 0.1) is 12.7 Å². The van der Waals surface area contributed by atoms with Crippen LogP contribution < -0.4 is 14.2 Å². The molecule has 1 aliphatic carbocycles. The van der Waals surface area contributed by atoms with E-state index in [0.717, 1.165) is 34.9 Å². The molecule has 8 nitrogen and oxygen atoms in total. The van der Waals surface area contributed by atoms with E-state index in [-0.39, 0.29) is 11.4 Å². The first-order chi connectivity index (χ1) is 17.6. The fourth-order valence-corrected chi connectivity index (χ4v) is 5.42. The zero-order valence-corrected chi connectivity index (χ0v) is 20.9. The predicted octanol–water partition coefficient (Wildman–Crippen LogP) is 5.35. The Hall–Kier alpha value is -3.59. The van der Waals surface area contributed by atoms with Crippen LogP contribution in [-0.2, 0) is 4.79 Å². The van der Waals surface area contributed by atoms with Crippen LogP contribution in [0.5, 0.6) is 17.2 Å². The van der Waals surface area contributed by atoms with Crippen molar-refractivity contribution in [2.45, 2.75) is 32.1 Å². The molecule has 1 amide bonds. The number of amides is 1. The van der Waals surface area contributed by atoms with Crippen LogP contribution in [-0.4, -0.2) is 47.3 Å². The number of fused-ring (bicyclic) bond motifs is 1. The van der Waals surface area contributed by atoms with Crippen molar-refractivity contribution in [3.05, 3.63) is 59.7 Å². The van der Waals surface area contributed by atoms with Gasteiger partial charge in [-0.2, -0.15) is 15.1 Å². The molecular formula is C27H28N4O4S. The van der Waals surface area contributed by atoms with Crippen molar-refractivity contribution in [3.8, 4) is 17.2 Å². The summed E-state index contributed by atoms with van der Waals surface area (Å²) in [6.07, 6.45) is 7.57. The first-order valence-corrected chi connectivity index (χ1v) is 12.9. The van der Waals surface area contributed by atoms with Crippen molar-refractivity contribution >= 4 is 39.8 Å². The third-order valence-electron chi connectivity index (χ3n) is 6.28. The van der Waals surface area contributed by atoms with Gasteiger partial charge in [0.15, 0.2) is 5.84 Å². The lowest BCUT2D eigenvalue weighted by Crippen LogP contribution is -2.35. The first kappa shape index (κ1) is 24.1. The molecule has 5 rings (SSSR count). The molecule has 0 spiro atoms. The van der Waals surface area contributed by atoms with Gasteiger partial charge in [-0.15, -0.1) is 0 Å². The maximum atomic E-state index is 12.7. The van der Waals surface area contributed by atoms with E-state index in [9.17, 15) is 4.79 Å². The number of ether oxygens (including phenoxy) is 3. The van der Waals surface area contributed by atoms with Crippen molar-refractivity contribution in [2.24, 2.45) is 16.0 Å². The minimum atomic E-state index is -0.408. The Balaban J connectivity index is 1.18. The van der Waals surface area contributed by atoms with Gasteiger partial charge in [0.25, 0.3) is 5.91 Å². The Morgan fingerprint density at radius 2 is 1.75 bits per heavy atom. The number of benzene rings is 2. The van der Waals surface area contributed by atoms with E-state index in [2.05, 4.69) is 10.1 Å². The molecule has 1 N–H and O–H groups in total. The van der Waals surface area contributed by atoms with Crippen LogP contribution in [0.25, 0.3) is 6.08 Å². The second-order valence-electron chi connectivity index (χ2n) is 8.74. The molecule has 0 atom stereocenters. The summed E-state index contributed by atoms with van der Waals surface area (Å²) in [5, 5.41) is 16.2. The van der Waals surface area contributed by atoms with E-state index in [4.69, 9.17) is 19.6 Å². The van der Waals surface area contributed by atoms with Gasteiger partial charge in [-0.3, -0.25) is 10.2 Å². The summed E-state index contributed by atoms with van der Waals surface area (Å²) in [6.45, 7) is 0.772. The molecule has 1 saturated carbocycles. The highest BCUT2D eigenvalue weighted by Crippen LogP contribution is 2.36. The van der Waals surface area contributed by atoms with Gasteiger partial charge in [0.1, 0.15) is 35.5 Å². The van der Waals surface area contributed by atoms with E-state index >= 15 is 0 Å². The Morgan fingerprint density at radius 3 is 2.50 bits per heavy atom. The number of nitrogens with one attached hydrogen (secondary N) is 1. The summed E-state index contributed by atoms with van der Waals surface area (Å²) in [6, 6.07) is 14.8. The minimum Gasteiger partial charge on any atom is -0.497 e. The predicted molar refractivity (Wildman–Crippen MR) is 142 cm³/mol. The number of aliphatic imine (C=N–C) groups is 1. The second kappa shape index (κ2) is 11.0. The van der Waals surface area contributed by atoms with Crippen LogP contribution in [0.2, 0.25) is 0 Å². The highest BCUT2D eigenvalue weighted by Gasteiger charge is 2.37. The van der Waals surface area contributed by atoms with Gasteiger partial charge in [0, 0.05) is 12.0 Å². The Morgan fingerprint density at radius 1 is 1.03 bits per heavy atom. The molecule has 2 aromatic rings. The molecule has 9 heteroatoms. The molecule has 0 saturated heterocycles. The molecule has 0 unspecified atom stereocenters. The Labute approximate surface area is 214 Å². The van der Waals surface area contributed by atoms with Gasteiger partial charge in [-0.1, -0.05) is 37.5 Å². The van der Waals surface area contributed by atoms with Gasteiger partial charge in [-0.05, 0) is 60.5 Å². The van der Waals surface area contributed by atoms with Crippen molar-refractivity contribution in [1.82, 2.24) is 5.01 Å². The molecule has 0 aromatic heterocycles. The molecule has 1 fully saturated rings. The number of thioether (sulfide) groups is 1. The summed E-state index contributed by atoms with van der Waals surface area (Å²) < 4.78 is 16.6. The second-order valence-corrected chi connectivity index (χ2v) is 9.73. The molecule has 36 heavy (non-hydrogen) atoms. The maximum Gasteiger partial charge on any atom is 0.283 e. The quantitative estimate of drug-likeness (QED) is 0.384. The van der Waals surface area contributed by atoms with Crippen LogP contribution in [0.15, 0.2) is 64.2 Å². The van der Waals surface area contributed by atoms with Crippen LogP contribution in [0.3, 0.4) is 0 Å². The Kier molecular flexibility index (Phi) is 7.36. The van der Waals surface area contributed by atoms with Crippen LogP contribution in [0.4, 0.5) is 0 Å². The normalized spacial score (nSPS) is 19.1. The lowest BCUT2D eigenvalue weighted by Gasteiger charge is -2.20. The average Bonchev–Trinajstić information content (AvgIpc) is 3.35. The molecule has 2 aliphatic heterocycles. The lowest BCUT2D eigenvalue weighted by atomic mass is 9.90. The largest absolute Gasteiger partial charge is 0.497 e. The fraction of sp³-hybridized carbons (Fsp3) is 0.333. The highest BCUT2D eigenvalue weighted by molar-refractivity contribution is 8.27. The average molecular weight is 505 g/mol. The van der Waals surface area contributed by atoms with E-state index in [1.165, 1.54) is 36.0 Å². The molecule has 0 radical (unpaired) electrons. The zero-order valence-electron chi connectivity index (χ0n) is 20.1. The lowest BCUT2D eigenvalue weighted by molar-refractivity contribution is -0.114. The minimum absolute atomic E-state index is 0.0679. The van der Waals surface area contributed by atoms with Crippen LogP contribution in [0.1, 0.15) is 37.7 Å². The summed E-state index contributed by atoms with van der Waals surface area (Å²) in [7, 11) is 1.62. The van der Waals surface area contributed by atoms with Gasteiger partial charge < -0.3 is 14.2 Å². The van der Waals surface area contributed by atoms with E-state index in [0.29, 0.717) is 30.0 Å². The number of nitrogens with zero attached hydrogens (tertiary/aromatic N) is 3. The summed E-state index contributed by atoms with van der Waals surface area (Å²) in [4.78, 5) is 16.9. The number of rotatable bonds is 8. The molecule has 2 heterocycles. The SMILES string of the molecule is COc1cccc(OCCOc2ccc(C=C3C(=N)N4N=C(C5CCCCC5)SC4=NC3=O)cc2)c1. The van der Waals surface area contributed by atoms with Crippen molar-refractivity contribution in [1.29, 1.82) is 5.41 Å². The van der Waals surface area contributed by atoms with Crippen LogP contribution in [0, 0.1) is 11.3 Å². The number of methoxy groups -OCH3 is 1. The fourth-order valence-electron chi connectivity index (χ4n) is 4.36. The van der Waals surface area contributed by atoms with E-state index in [1.54, 1.807) is 13.2 Å².